The van der Waals surface area contributed by atoms with Crippen molar-refractivity contribution >= 4 is 23.5 Å². The van der Waals surface area contributed by atoms with Gasteiger partial charge in [0.15, 0.2) is 24.7 Å². The van der Waals surface area contributed by atoms with Gasteiger partial charge in [-0.25, -0.2) is 4.79 Å². The van der Waals surface area contributed by atoms with Crippen LogP contribution in [-0.2, 0) is 14.3 Å². The van der Waals surface area contributed by atoms with Crippen molar-refractivity contribution < 1.29 is 28.6 Å². The SMILES string of the molecule is CCOc1cc(C(=O)OCC(=O)N(c2ccccc2)C(C)C)ccc1OCC(=O)N1CCCCC1. The molecule has 0 aliphatic carbocycles. The van der Waals surface area contributed by atoms with Crippen molar-refractivity contribution in [3.05, 3.63) is 54.1 Å². The summed E-state index contributed by atoms with van der Waals surface area (Å²) in [7, 11) is 0. The molecule has 0 saturated carbocycles. The van der Waals surface area contributed by atoms with Gasteiger partial charge in [-0.15, -0.1) is 0 Å². The summed E-state index contributed by atoms with van der Waals surface area (Å²) in [5, 5.41) is 0. The monoisotopic (exact) mass is 482 g/mol. The number of rotatable bonds is 10. The Bertz CT molecular complexity index is 1000. The van der Waals surface area contributed by atoms with Gasteiger partial charge in [0.25, 0.3) is 11.8 Å². The molecule has 0 aromatic heterocycles. The van der Waals surface area contributed by atoms with Crippen LogP contribution in [0.3, 0.4) is 0 Å². The zero-order chi connectivity index (χ0) is 25.2. The zero-order valence-electron chi connectivity index (χ0n) is 20.7. The second kappa shape index (κ2) is 12.8. The van der Waals surface area contributed by atoms with E-state index in [0.29, 0.717) is 18.1 Å². The van der Waals surface area contributed by atoms with Crippen LogP contribution >= 0.6 is 0 Å². The summed E-state index contributed by atoms with van der Waals surface area (Å²) in [6, 6.07) is 13.8. The molecule has 1 saturated heterocycles. The van der Waals surface area contributed by atoms with Crippen LogP contribution in [0.2, 0.25) is 0 Å². The number of piperidine rings is 1. The van der Waals surface area contributed by atoms with Gasteiger partial charge in [-0.3, -0.25) is 9.59 Å². The van der Waals surface area contributed by atoms with Gasteiger partial charge in [0.05, 0.1) is 12.2 Å². The molecule has 2 amide bonds. The van der Waals surface area contributed by atoms with Crippen LogP contribution in [0.25, 0.3) is 0 Å². The quantitative estimate of drug-likeness (QED) is 0.475. The van der Waals surface area contributed by atoms with Crippen molar-refractivity contribution in [2.24, 2.45) is 0 Å². The van der Waals surface area contributed by atoms with Gasteiger partial charge in [-0.1, -0.05) is 18.2 Å². The summed E-state index contributed by atoms with van der Waals surface area (Å²) < 4.78 is 16.6. The average molecular weight is 483 g/mol. The standard InChI is InChI=1S/C27H34N2O6/c1-4-33-24-17-21(13-14-23(24)34-18-25(30)28-15-9-6-10-16-28)27(32)35-19-26(31)29(20(2)3)22-11-7-5-8-12-22/h5,7-8,11-14,17,20H,4,6,9-10,15-16,18-19H2,1-3H3. The molecule has 1 aliphatic heterocycles. The molecule has 0 spiro atoms. The molecule has 0 N–H and O–H groups in total. The van der Waals surface area contributed by atoms with Crippen molar-refractivity contribution in [2.75, 3.05) is 37.8 Å². The van der Waals surface area contributed by atoms with Crippen LogP contribution in [-0.4, -0.2) is 61.6 Å². The van der Waals surface area contributed by atoms with Crippen LogP contribution in [0.1, 0.15) is 50.4 Å². The summed E-state index contributed by atoms with van der Waals surface area (Å²) in [6.07, 6.45) is 3.16. The molecule has 0 bridgehead atoms. The van der Waals surface area contributed by atoms with Crippen LogP contribution < -0.4 is 14.4 Å². The third kappa shape index (κ3) is 7.21. The third-order valence-electron chi connectivity index (χ3n) is 5.69. The Hall–Kier alpha value is -3.55. The summed E-state index contributed by atoms with van der Waals surface area (Å²) in [6.45, 7) is 6.99. The minimum atomic E-state index is -0.646. The highest BCUT2D eigenvalue weighted by molar-refractivity contribution is 5.97. The first kappa shape index (κ1) is 26.1. The first-order chi connectivity index (χ1) is 16.9. The van der Waals surface area contributed by atoms with E-state index in [1.54, 1.807) is 11.0 Å². The van der Waals surface area contributed by atoms with Crippen LogP contribution in [0.5, 0.6) is 11.5 Å². The lowest BCUT2D eigenvalue weighted by Gasteiger charge is -2.27. The summed E-state index contributed by atoms with van der Waals surface area (Å²) >= 11 is 0. The molecule has 2 aromatic rings. The average Bonchev–Trinajstić information content (AvgIpc) is 2.87. The lowest BCUT2D eigenvalue weighted by molar-refractivity contribution is -0.134. The summed E-state index contributed by atoms with van der Waals surface area (Å²) in [4.78, 5) is 41.3. The van der Waals surface area contributed by atoms with Gasteiger partial charge in [0, 0.05) is 24.8 Å². The molecule has 0 atom stereocenters. The Morgan fingerprint density at radius 3 is 2.29 bits per heavy atom. The Labute approximate surface area is 206 Å². The molecule has 3 rings (SSSR count). The van der Waals surface area contributed by atoms with Gasteiger partial charge in [0.1, 0.15) is 0 Å². The second-order valence-corrected chi connectivity index (χ2v) is 8.59. The van der Waals surface area contributed by atoms with Gasteiger partial charge >= 0.3 is 5.97 Å². The largest absolute Gasteiger partial charge is 0.490 e. The molecule has 2 aromatic carbocycles. The lowest BCUT2D eigenvalue weighted by Crippen LogP contribution is -2.39. The van der Waals surface area contributed by atoms with Crippen LogP contribution in [0.15, 0.2) is 48.5 Å². The molecule has 8 heteroatoms. The van der Waals surface area contributed by atoms with E-state index < -0.39 is 12.6 Å². The predicted molar refractivity (Wildman–Crippen MR) is 133 cm³/mol. The Morgan fingerprint density at radius 2 is 1.63 bits per heavy atom. The van der Waals surface area contributed by atoms with Crippen molar-refractivity contribution in [1.29, 1.82) is 0 Å². The number of para-hydroxylation sites is 1. The fourth-order valence-corrected chi connectivity index (χ4v) is 4.00. The van der Waals surface area contributed by atoms with E-state index >= 15 is 0 Å². The number of amides is 2. The van der Waals surface area contributed by atoms with E-state index in [9.17, 15) is 14.4 Å². The number of nitrogens with zero attached hydrogens (tertiary/aromatic N) is 2. The van der Waals surface area contributed by atoms with Crippen molar-refractivity contribution in [2.45, 2.75) is 46.1 Å². The highest BCUT2D eigenvalue weighted by atomic mass is 16.5. The number of anilines is 1. The number of likely N-dealkylation sites (tertiary alicyclic amines) is 1. The molecular weight excluding hydrogens is 448 g/mol. The maximum Gasteiger partial charge on any atom is 0.338 e. The first-order valence-corrected chi connectivity index (χ1v) is 12.1. The summed E-state index contributed by atoms with van der Waals surface area (Å²) in [5.41, 5.74) is 0.967. The lowest BCUT2D eigenvalue weighted by atomic mass is 10.1. The van der Waals surface area contributed by atoms with Crippen LogP contribution in [0.4, 0.5) is 5.69 Å². The molecular formula is C27H34N2O6. The van der Waals surface area contributed by atoms with E-state index in [1.807, 2.05) is 56.0 Å². The van der Waals surface area contributed by atoms with E-state index in [2.05, 4.69) is 0 Å². The van der Waals surface area contributed by atoms with E-state index in [4.69, 9.17) is 14.2 Å². The van der Waals surface area contributed by atoms with Crippen molar-refractivity contribution in [3.63, 3.8) is 0 Å². The Balaban J connectivity index is 1.62. The van der Waals surface area contributed by atoms with Crippen LogP contribution in [0, 0.1) is 0 Å². The number of benzene rings is 2. The zero-order valence-corrected chi connectivity index (χ0v) is 20.7. The molecule has 1 aliphatic rings. The molecule has 0 unspecified atom stereocenters. The summed E-state index contributed by atoms with van der Waals surface area (Å²) in [5.74, 6) is -0.317. The normalized spacial score (nSPS) is 13.3. The molecule has 1 fully saturated rings. The second-order valence-electron chi connectivity index (χ2n) is 8.59. The van der Waals surface area contributed by atoms with Gasteiger partial charge in [-0.2, -0.15) is 0 Å². The highest BCUT2D eigenvalue weighted by Gasteiger charge is 2.22. The third-order valence-corrected chi connectivity index (χ3v) is 5.69. The maximum absolute atomic E-state index is 12.8. The smallest absolute Gasteiger partial charge is 0.338 e. The van der Waals surface area contributed by atoms with E-state index in [0.717, 1.165) is 38.0 Å². The van der Waals surface area contributed by atoms with Gasteiger partial charge in [-0.05, 0) is 70.4 Å². The topological polar surface area (TPSA) is 85.4 Å². The predicted octanol–water partition coefficient (Wildman–Crippen LogP) is 4.08. The number of esters is 1. The van der Waals surface area contributed by atoms with E-state index in [-0.39, 0.29) is 30.0 Å². The molecule has 35 heavy (non-hydrogen) atoms. The number of carbonyl (C=O) groups excluding carboxylic acids is 3. The first-order valence-electron chi connectivity index (χ1n) is 12.1. The molecule has 188 valence electrons. The number of ether oxygens (including phenoxy) is 3. The number of hydrogen-bond donors (Lipinski definition) is 0. The molecule has 8 nitrogen and oxygen atoms in total. The fraction of sp³-hybridized carbons (Fsp3) is 0.444. The molecule has 1 heterocycles. The van der Waals surface area contributed by atoms with Crippen molar-refractivity contribution in [3.8, 4) is 11.5 Å². The minimum absolute atomic E-state index is 0.0673. The van der Waals surface area contributed by atoms with Gasteiger partial charge < -0.3 is 24.0 Å². The Kier molecular flexibility index (Phi) is 9.52. The number of hydrogen-bond acceptors (Lipinski definition) is 6. The molecule has 0 radical (unpaired) electrons. The Morgan fingerprint density at radius 1 is 0.914 bits per heavy atom. The van der Waals surface area contributed by atoms with Gasteiger partial charge in [0.2, 0.25) is 0 Å². The fourth-order valence-electron chi connectivity index (χ4n) is 4.00. The minimum Gasteiger partial charge on any atom is -0.490 e. The van der Waals surface area contributed by atoms with Crippen molar-refractivity contribution in [1.82, 2.24) is 4.90 Å². The maximum atomic E-state index is 12.8. The number of carbonyl (C=O) groups is 3. The van der Waals surface area contributed by atoms with E-state index in [1.165, 1.54) is 12.1 Å². The highest BCUT2D eigenvalue weighted by Crippen LogP contribution is 2.29.